The summed E-state index contributed by atoms with van der Waals surface area (Å²) < 4.78 is 1.07. The average molecular weight is 276 g/mol. The molecule has 1 aromatic carbocycles. The van der Waals surface area contributed by atoms with Crippen molar-refractivity contribution >= 4 is 28.6 Å². The third-order valence-electron chi connectivity index (χ3n) is 1.72. The largest absolute Gasteiger partial charge is 0.481 e. The number of benzene rings is 1. The highest BCUT2D eigenvalue weighted by Gasteiger charge is 2.12. The van der Waals surface area contributed by atoms with Crippen LogP contribution in [0.2, 0.25) is 0 Å². The summed E-state index contributed by atoms with van der Waals surface area (Å²) in [5.74, 6) is -1.20. The molecular weight excluding hydrogens is 267 g/mol. The van der Waals surface area contributed by atoms with E-state index in [1.165, 1.54) is 0 Å². The van der Waals surface area contributed by atoms with E-state index >= 15 is 0 Å². The van der Waals surface area contributed by atoms with Gasteiger partial charge < -0.3 is 5.11 Å². The molecule has 0 bridgehead atoms. The molecular formula is C9H9IO2. The molecule has 0 aliphatic heterocycles. The number of carboxylic acids is 1. The van der Waals surface area contributed by atoms with Crippen LogP contribution in [0, 0.1) is 3.57 Å². The summed E-state index contributed by atoms with van der Waals surface area (Å²) in [5, 5.41) is 8.72. The summed E-state index contributed by atoms with van der Waals surface area (Å²) in [6.07, 6.45) is 0. The van der Waals surface area contributed by atoms with Crippen LogP contribution in [0.5, 0.6) is 0 Å². The van der Waals surface area contributed by atoms with Crippen molar-refractivity contribution in [3.63, 3.8) is 0 Å². The molecule has 2 nitrogen and oxygen atoms in total. The van der Waals surface area contributed by atoms with E-state index in [4.69, 9.17) is 5.11 Å². The average Bonchev–Trinajstić information content (AvgIpc) is 2.03. The molecule has 0 saturated carbocycles. The lowest BCUT2D eigenvalue weighted by Gasteiger charge is -2.05. The molecule has 0 unspecified atom stereocenters. The van der Waals surface area contributed by atoms with Crippen molar-refractivity contribution in [3.8, 4) is 0 Å². The van der Waals surface area contributed by atoms with Gasteiger partial charge in [-0.15, -0.1) is 0 Å². The van der Waals surface area contributed by atoms with Crippen molar-refractivity contribution in [2.24, 2.45) is 0 Å². The van der Waals surface area contributed by atoms with Gasteiger partial charge in [-0.2, -0.15) is 0 Å². The minimum atomic E-state index is -0.781. The van der Waals surface area contributed by atoms with Gasteiger partial charge in [0.05, 0.1) is 5.92 Å². The molecule has 0 spiro atoms. The van der Waals surface area contributed by atoms with Crippen LogP contribution >= 0.6 is 22.6 Å². The molecule has 0 aliphatic rings. The summed E-state index contributed by atoms with van der Waals surface area (Å²) >= 11 is 2.17. The maximum absolute atomic E-state index is 10.6. The fourth-order valence-electron chi connectivity index (χ4n) is 0.919. The van der Waals surface area contributed by atoms with Crippen molar-refractivity contribution in [3.05, 3.63) is 33.4 Å². The minimum Gasteiger partial charge on any atom is -0.481 e. The maximum atomic E-state index is 10.6. The van der Waals surface area contributed by atoms with Gasteiger partial charge in [0.2, 0.25) is 0 Å². The van der Waals surface area contributed by atoms with Crippen molar-refractivity contribution in [1.82, 2.24) is 0 Å². The lowest BCUT2D eigenvalue weighted by atomic mass is 10.0. The zero-order valence-corrected chi connectivity index (χ0v) is 8.78. The van der Waals surface area contributed by atoms with Crippen LogP contribution in [0.1, 0.15) is 18.4 Å². The predicted molar refractivity (Wildman–Crippen MR) is 55.2 cm³/mol. The third kappa shape index (κ3) is 2.20. The molecule has 1 rings (SSSR count). The number of hydrogen-bond donors (Lipinski definition) is 1. The highest BCUT2D eigenvalue weighted by atomic mass is 127. The van der Waals surface area contributed by atoms with E-state index in [-0.39, 0.29) is 0 Å². The number of rotatable bonds is 2. The lowest BCUT2D eigenvalue weighted by Crippen LogP contribution is -2.07. The van der Waals surface area contributed by atoms with Crippen LogP contribution in [0.3, 0.4) is 0 Å². The Kier molecular flexibility index (Phi) is 3.08. The second kappa shape index (κ2) is 3.89. The van der Waals surface area contributed by atoms with Crippen LogP contribution in [0.4, 0.5) is 0 Å². The van der Waals surface area contributed by atoms with Gasteiger partial charge in [0.25, 0.3) is 0 Å². The highest BCUT2D eigenvalue weighted by molar-refractivity contribution is 14.1. The van der Waals surface area contributed by atoms with Crippen molar-refractivity contribution in [1.29, 1.82) is 0 Å². The highest BCUT2D eigenvalue weighted by Crippen LogP contribution is 2.17. The fourth-order valence-corrected chi connectivity index (χ4v) is 1.49. The molecule has 64 valence electrons. The molecule has 0 amide bonds. The maximum Gasteiger partial charge on any atom is 0.310 e. The second-order valence-electron chi connectivity index (χ2n) is 2.61. The number of carboxylic acid groups (broad SMARTS) is 1. The SMILES string of the molecule is C[C@H](C(=O)O)c1cccc(I)c1. The Bertz CT molecular complexity index is 296. The van der Waals surface area contributed by atoms with Gasteiger partial charge in [-0.25, -0.2) is 0 Å². The van der Waals surface area contributed by atoms with E-state index in [2.05, 4.69) is 22.6 Å². The molecule has 0 saturated heterocycles. The Hall–Kier alpha value is -0.580. The van der Waals surface area contributed by atoms with Gasteiger partial charge in [0, 0.05) is 3.57 Å². The van der Waals surface area contributed by atoms with Crippen LogP contribution in [0.15, 0.2) is 24.3 Å². The summed E-state index contributed by atoms with van der Waals surface area (Å²) in [6.45, 7) is 1.69. The zero-order valence-electron chi connectivity index (χ0n) is 6.62. The van der Waals surface area contributed by atoms with Crippen LogP contribution < -0.4 is 0 Å². The fraction of sp³-hybridized carbons (Fsp3) is 0.222. The Labute approximate surface area is 84.7 Å². The standard InChI is InChI=1S/C9H9IO2/c1-6(9(11)12)7-3-2-4-8(10)5-7/h2-6H,1H3,(H,11,12)/t6-/m0/s1. The van der Waals surface area contributed by atoms with Crippen molar-refractivity contribution in [2.75, 3.05) is 0 Å². The van der Waals surface area contributed by atoms with Crippen LogP contribution in [-0.4, -0.2) is 11.1 Å². The van der Waals surface area contributed by atoms with E-state index in [1.807, 2.05) is 24.3 Å². The Morgan fingerprint density at radius 1 is 1.58 bits per heavy atom. The minimum absolute atomic E-state index is 0.417. The molecule has 1 aromatic rings. The van der Waals surface area contributed by atoms with Gasteiger partial charge in [-0.05, 0) is 47.2 Å². The third-order valence-corrected chi connectivity index (χ3v) is 2.39. The second-order valence-corrected chi connectivity index (χ2v) is 3.86. The van der Waals surface area contributed by atoms with E-state index in [9.17, 15) is 4.79 Å². The van der Waals surface area contributed by atoms with Crippen molar-refractivity contribution < 1.29 is 9.90 Å². The molecule has 0 fully saturated rings. The molecule has 0 aliphatic carbocycles. The summed E-state index contributed by atoms with van der Waals surface area (Å²) in [7, 11) is 0. The molecule has 3 heteroatoms. The number of halogens is 1. The first kappa shape index (κ1) is 9.51. The van der Waals surface area contributed by atoms with Gasteiger partial charge >= 0.3 is 5.97 Å². The number of hydrogen-bond acceptors (Lipinski definition) is 1. The van der Waals surface area contributed by atoms with Crippen molar-refractivity contribution in [2.45, 2.75) is 12.8 Å². The van der Waals surface area contributed by atoms with Crippen LogP contribution in [-0.2, 0) is 4.79 Å². The normalized spacial score (nSPS) is 12.5. The van der Waals surface area contributed by atoms with E-state index < -0.39 is 11.9 Å². The lowest BCUT2D eigenvalue weighted by molar-refractivity contribution is -0.138. The van der Waals surface area contributed by atoms with E-state index in [0.29, 0.717) is 0 Å². The van der Waals surface area contributed by atoms with Gasteiger partial charge in [0.15, 0.2) is 0 Å². The summed E-state index contributed by atoms with van der Waals surface area (Å²) in [5.41, 5.74) is 0.856. The molecule has 12 heavy (non-hydrogen) atoms. The predicted octanol–water partition coefficient (Wildman–Crippen LogP) is 2.48. The molecule has 1 N–H and O–H groups in total. The molecule has 0 radical (unpaired) electrons. The molecule has 1 atom stereocenters. The Balaban J connectivity index is 2.95. The Morgan fingerprint density at radius 3 is 2.75 bits per heavy atom. The van der Waals surface area contributed by atoms with Gasteiger partial charge in [-0.1, -0.05) is 12.1 Å². The zero-order chi connectivity index (χ0) is 9.14. The first-order valence-corrected chi connectivity index (χ1v) is 4.67. The first-order valence-electron chi connectivity index (χ1n) is 3.59. The summed E-state index contributed by atoms with van der Waals surface area (Å²) in [4.78, 5) is 10.6. The van der Waals surface area contributed by atoms with E-state index in [0.717, 1.165) is 9.13 Å². The first-order chi connectivity index (χ1) is 5.61. The molecule has 0 aromatic heterocycles. The van der Waals surface area contributed by atoms with Crippen LogP contribution in [0.25, 0.3) is 0 Å². The monoisotopic (exact) mass is 276 g/mol. The number of aliphatic carboxylic acids is 1. The summed E-state index contributed by atoms with van der Waals surface area (Å²) in [6, 6.07) is 7.54. The quantitative estimate of drug-likeness (QED) is 0.842. The van der Waals surface area contributed by atoms with E-state index in [1.54, 1.807) is 6.92 Å². The van der Waals surface area contributed by atoms with Gasteiger partial charge in [-0.3, -0.25) is 4.79 Å². The number of carbonyl (C=O) groups is 1. The topological polar surface area (TPSA) is 37.3 Å². The smallest absolute Gasteiger partial charge is 0.310 e. The van der Waals surface area contributed by atoms with Gasteiger partial charge in [0.1, 0.15) is 0 Å². The molecule has 0 heterocycles. The Morgan fingerprint density at radius 2 is 2.25 bits per heavy atom.